The second kappa shape index (κ2) is 8.78. The summed E-state index contributed by atoms with van der Waals surface area (Å²) < 4.78 is 0. The lowest BCUT2D eigenvalue weighted by Crippen LogP contribution is -2.36. The molecule has 0 spiro atoms. The zero-order valence-corrected chi connectivity index (χ0v) is 14.6. The molecule has 5 nitrogen and oxygen atoms in total. The van der Waals surface area contributed by atoms with E-state index in [0.29, 0.717) is 18.8 Å². The maximum absolute atomic E-state index is 12.2. The van der Waals surface area contributed by atoms with Crippen LogP contribution in [0.25, 0.3) is 0 Å². The predicted octanol–water partition coefficient (Wildman–Crippen LogP) is 3.04. The fourth-order valence-electron chi connectivity index (χ4n) is 2.32. The number of halogens is 1. The second-order valence-corrected chi connectivity index (χ2v) is 6.00. The van der Waals surface area contributed by atoms with Gasteiger partial charge in [0.15, 0.2) is 5.15 Å². The Morgan fingerprint density at radius 1 is 1.33 bits per heavy atom. The Balaban J connectivity index is 1.92. The molecule has 1 atom stereocenters. The topological polar surface area (TPSA) is 65.5 Å². The lowest BCUT2D eigenvalue weighted by Gasteiger charge is -2.23. The molecule has 1 aromatic carbocycles. The number of hydrogen-bond acceptors (Lipinski definition) is 4. The highest BCUT2D eigenvalue weighted by atomic mass is 35.5. The van der Waals surface area contributed by atoms with Crippen molar-refractivity contribution in [1.29, 1.82) is 0 Å². The van der Waals surface area contributed by atoms with E-state index in [1.54, 1.807) is 18.3 Å². The van der Waals surface area contributed by atoms with Gasteiger partial charge in [0.05, 0.1) is 18.3 Å². The summed E-state index contributed by atoms with van der Waals surface area (Å²) in [6.45, 7) is 5.16. The van der Waals surface area contributed by atoms with Crippen LogP contribution in [0.5, 0.6) is 0 Å². The Hall–Kier alpha value is -1.95. The Labute approximate surface area is 147 Å². The molecular formula is C18H22ClN3O2. The molecule has 0 aliphatic carbocycles. The van der Waals surface area contributed by atoms with Crippen LogP contribution < -0.4 is 5.32 Å². The number of amides is 1. The number of carbonyl (C=O) groups is 1. The number of anilines is 1. The predicted molar refractivity (Wildman–Crippen MR) is 96.1 cm³/mol. The van der Waals surface area contributed by atoms with Crippen molar-refractivity contribution in [1.82, 2.24) is 9.88 Å². The van der Waals surface area contributed by atoms with Gasteiger partial charge >= 0.3 is 0 Å². The van der Waals surface area contributed by atoms with E-state index < -0.39 is 6.10 Å². The molecule has 0 aliphatic heterocycles. The van der Waals surface area contributed by atoms with Crippen molar-refractivity contribution in [3.8, 4) is 0 Å². The van der Waals surface area contributed by atoms with Crippen LogP contribution in [-0.4, -0.2) is 40.5 Å². The number of aliphatic hydroxyl groups excluding tert-OH is 1. The maximum Gasteiger partial charge on any atom is 0.238 e. The number of nitrogens with one attached hydrogen (secondary N) is 1. The van der Waals surface area contributed by atoms with Crippen molar-refractivity contribution >= 4 is 23.2 Å². The van der Waals surface area contributed by atoms with E-state index in [2.05, 4.69) is 10.3 Å². The third-order valence-electron chi connectivity index (χ3n) is 3.74. The van der Waals surface area contributed by atoms with Crippen LogP contribution in [0.15, 0.2) is 42.6 Å². The van der Waals surface area contributed by atoms with Crippen molar-refractivity contribution < 1.29 is 9.90 Å². The minimum Gasteiger partial charge on any atom is -0.387 e. The number of likely N-dealkylation sites (N-methyl/N-ethyl adjacent to an activating group) is 1. The molecule has 0 saturated heterocycles. The average Bonchev–Trinajstić information content (AvgIpc) is 2.56. The molecule has 0 bridgehead atoms. The molecule has 1 aromatic heterocycles. The van der Waals surface area contributed by atoms with Gasteiger partial charge in [0.1, 0.15) is 0 Å². The van der Waals surface area contributed by atoms with Crippen molar-refractivity contribution in [2.75, 3.05) is 25.0 Å². The number of rotatable bonds is 7. The van der Waals surface area contributed by atoms with Gasteiger partial charge in [0.2, 0.25) is 5.91 Å². The monoisotopic (exact) mass is 347 g/mol. The lowest BCUT2D eigenvalue weighted by molar-refractivity contribution is -0.117. The Kier molecular flexibility index (Phi) is 6.73. The smallest absolute Gasteiger partial charge is 0.238 e. The third kappa shape index (κ3) is 5.30. The molecule has 6 heteroatoms. The van der Waals surface area contributed by atoms with E-state index in [1.807, 2.05) is 43.0 Å². The summed E-state index contributed by atoms with van der Waals surface area (Å²) in [5.74, 6) is -0.192. The van der Waals surface area contributed by atoms with Crippen molar-refractivity contribution in [2.45, 2.75) is 20.0 Å². The Bertz CT molecular complexity index is 676. The number of hydrogen-bond donors (Lipinski definition) is 2. The highest BCUT2D eigenvalue weighted by Crippen LogP contribution is 2.18. The first-order chi connectivity index (χ1) is 11.5. The summed E-state index contributed by atoms with van der Waals surface area (Å²) in [7, 11) is 0. The number of aryl methyl sites for hydroxylation is 1. The first-order valence-electron chi connectivity index (χ1n) is 7.87. The molecule has 24 heavy (non-hydrogen) atoms. The molecule has 0 radical (unpaired) electrons. The summed E-state index contributed by atoms with van der Waals surface area (Å²) in [6.07, 6.45) is 0.925. The summed E-state index contributed by atoms with van der Waals surface area (Å²) >= 11 is 5.94. The van der Waals surface area contributed by atoms with Crippen molar-refractivity contribution in [3.63, 3.8) is 0 Å². The van der Waals surface area contributed by atoms with Crippen LogP contribution >= 0.6 is 11.6 Å². The Morgan fingerprint density at radius 3 is 2.67 bits per heavy atom. The summed E-state index contributed by atoms with van der Waals surface area (Å²) in [4.78, 5) is 18.0. The van der Waals surface area contributed by atoms with Crippen LogP contribution in [0.4, 0.5) is 5.69 Å². The second-order valence-electron chi connectivity index (χ2n) is 5.64. The number of nitrogens with zero attached hydrogens (tertiary/aromatic N) is 2. The van der Waals surface area contributed by atoms with Crippen molar-refractivity contribution in [2.24, 2.45) is 0 Å². The SMILES string of the molecule is CCN(CC(=O)Nc1cccnc1Cl)CC(O)c1ccc(C)cc1. The van der Waals surface area contributed by atoms with Gasteiger partial charge in [-0.05, 0) is 31.2 Å². The zero-order valence-electron chi connectivity index (χ0n) is 13.9. The van der Waals surface area contributed by atoms with E-state index in [4.69, 9.17) is 11.6 Å². The highest BCUT2D eigenvalue weighted by molar-refractivity contribution is 6.32. The standard InChI is InChI=1S/C18H22ClN3O2/c1-3-22(11-16(23)14-8-6-13(2)7-9-14)12-17(24)21-15-5-4-10-20-18(15)19/h4-10,16,23H,3,11-12H2,1-2H3,(H,21,24). The van der Waals surface area contributed by atoms with E-state index in [-0.39, 0.29) is 17.6 Å². The fraction of sp³-hybridized carbons (Fsp3) is 0.333. The quantitative estimate of drug-likeness (QED) is 0.755. The number of aromatic nitrogens is 1. The first-order valence-corrected chi connectivity index (χ1v) is 8.24. The van der Waals surface area contributed by atoms with Gasteiger partial charge < -0.3 is 10.4 Å². The van der Waals surface area contributed by atoms with E-state index in [1.165, 1.54) is 0 Å². The minimum atomic E-state index is -0.639. The highest BCUT2D eigenvalue weighted by Gasteiger charge is 2.16. The molecule has 2 rings (SSSR count). The lowest BCUT2D eigenvalue weighted by atomic mass is 10.1. The molecule has 0 saturated carbocycles. The Morgan fingerprint density at radius 2 is 2.04 bits per heavy atom. The molecule has 1 heterocycles. The van der Waals surface area contributed by atoms with Crippen molar-refractivity contribution in [3.05, 3.63) is 58.9 Å². The number of carbonyl (C=O) groups excluding carboxylic acids is 1. The average molecular weight is 348 g/mol. The summed E-state index contributed by atoms with van der Waals surface area (Å²) in [5.41, 5.74) is 2.47. The van der Waals surface area contributed by atoms with Gasteiger partial charge in [0, 0.05) is 12.7 Å². The molecule has 128 valence electrons. The first kappa shape index (κ1) is 18.4. The maximum atomic E-state index is 12.2. The van der Waals surface area contributed by atoms with Gasteiger partial charge in [-0.3, -0.25) is 9.69 Å². The molecule has 1 unspecified atom stereocenters. The van der Waals surface area contributed by atoms with Gasteiger partial charge in [-0.15, -0.1) is 0 Å². The number of benzene rings is 1. The van der Waals surface area contributed by atoms with E-state index >= 15 is 0 Å². The molecule has 0 fully saturated rings. The minimum absolute atomic E-state index is 0.171. The van der Waals surface area contributed by atoms with Gasteiger partial charge in [-0.2, -0.15) is 0 Å². The number of pyridine rings is 1. The normalized spacial score (nSPS) is 12.2. The molecule has 2 aromatic rings. The zero-order chi connectivity index (χ0) is 17.5. The summed E-state index contributed by atoms with van der Waals surface area (Å²) in [5, 5.41) is 13.4. The van der Waals surface area contributed by atoms with Crippen LogP contribution in [0, 0.1) is 6.92 Å². The van der Waals surface area contributed by atoms with Gasteiger partial charge in [-0.1, -0.05) is 48.4 Å². The van der Waals surface area contributed by atoms with Crippen LogP contribution in [0.1, 0.15) is 24.2 Å². The molecule has 2 N–H and O–H groups in total. The largest absolute Gasteiger partial charge is 0.387 e. The molecular weight excluding hydrogens is 326 g/mol. The van der Waals surface area contributed by atoms with Crippen LogP contribution in [0.2, 0.25) is 5.15 Å². The van der Waals surface area contributed by atoms with E-state index in [9.17, 15) is 9.90 Å². The molecule has 1 amide bonds. The number of aliphatic hydroxyl groups is 1. The van der Waals surface area contributed by atoms with Gasteiger partial charge in [0.25, 0.3) is 0 Å². The van der Waals surface area contributed by atoms with Crippen LogP contribution in [0.3, 0.4) is 0 Å². The third-order valence-corrected chi connectivity index (χ3v) is 4.04. The molecule has 0 aliphatic rings. The summed E-state index contributed by atoms with van der Waals surface area (Å²) in [6, 6.07) is 11.1. The van der Waals surface area contributed by atoms with Gasteiger partial charge in [-0.25, -0.2) is 4.98 Å². The fourth-order valence-corrected chi connectivity index (χ4v) is 2.48. The van der Waals surface area contributed by atoms with Crippen LogP contribution in [-0.2, 0) is 4.79 Å². The van der Waals surface area contributed by atoms with E-state index in [0.717, 1.165) is 11.1 Å².